The molecule has 0 bridgehead atoms. The quantitative estimate of drug-likeness (QED) is 0.759. The molecule has 1 aliphatic heterocycles. The summed E-state index contributed by atoms with van der Waals surface area (Å²) < 4.78 is 11.2. The first-order chi connectivity index (χ1) is 7.69. The summed E-state index contributed by atoms with van der Waals surface area (Å²) in [6.07, 6.45) is -0.231. The van der Waals surface area contributed by atoms with Gasteiger partial charge in [-0.15, -0.1) is 11.6 Å². The third-order valence-electron chi connectivity index (χ3n) is 2.59. The van der Waals surface area contributed by atoms with Gasteiger partial charge in [-0.1, -0.05) is 30.3 Å². The first-order valence-corrected chi connectivity index (χ1v) is 5.67. The number of carbonyl (C=O) groups excluding carboxylic acids is 1. The molecule has 1 heterocycles. The first-order valence-electron chi connectivity index (χ1n) is 5.13. The molecule has 1 saturated heterocycles. The molecule has 3 nitrogen and oxygen atoms in total. The van der Waals surface area contributed by atoms with E-state index in [-0.39, 0.29) is 11.9 Å². The maximum Gasteiger partial charge on any atom is 0.256 e. The number of carbonyl (C=O) groups is 1. The van der Waals surface area contributed by atoms with E-state index in [0.29, 0.717) is 12.5 Å². The van der Waals surface area contributed by atoms with Crippen LogP contribution in [0.3, 0.4) is 0 Å². The average molecular weight is 241 g/mol. The van der Waals surface area contributed by atoms with Crippen LogP contribution in [0.15, 0.2) is 30.3 Å². The number of hydrogen-bond acceptors (Lipinski definition) is 3. The highest BCUT2D eigenvalue weighted by Crippen LogP contribution is 2.35. The Kier molecular flexibility index (Phi) is 3.28. The van der Waals surface area contributed by atoms with E-state index in [4.69, 9.17) is 21.1 Å². The van der Waals surface area contributed by atoms with E-state index in [2.05, 4.69) is 0 Å². The molecule has 1 fully saturated rings. The van der Waals surface area contributed by atoms with Crippen molar-refractivity contribution < 1.29 is 14.3 Å². The summed E-state index contributed by atoms with van der Waals surface area (Å²) in [5.41, 5.74) is 0.718. The van der Waals surface area contributed by atoms with Crippen molar-refractivity contribution in [2.75, 3.05) is 12.5 Å². The number of halogens is 1. The third kappa shape index (κ3) is 1.86. The highest BCUT2D eigenvalue weighted by atomic mass is 35.5. The van der Waals surface area contributed by atoms with Crippen molar-refractivity contribution in [1.29, 1.82) is 0 Å². The van der Waals surface area contributed by atoms with Gasteiger partial charge in [0.2, 0.25) is 0 Å². The zero-order chi connectivity index (χ0) is 11.6. The fourth-order valence-electron chi connectivity index (χ4n) is 1.79. The maximum absolute atomic E-state index is 11.7. The minimum absolute atomic E-state index is 0.161. The van der Waals surface area contributed by atoms with Crippen LogP contribution in [0.1, 0.15) is 12.5 Å². The molecule has 0 aromatic heterocycles. The summed E-state index contributed by atoms with van der Waals surface area (Å²) in [7, 11) is 0. The van der Waals surface area contributed by atoms with Gasteiger partial charge in [-0.2, -0.15) is 0 Å². The van der Waals surface area contributed by atoms with Gasteiger partial charge in [0.15, 0.2) is 5.78 Å². The molecule has 1 aliphatic rings. The SMILES string of the molecule is CC(=O)C1(c2ccccc2)OCC(CCl)O1. The largest absolute Gasteiger partial charge is 0.337 e. The average Bonchev–Trinajstić information content (AvgIpc) is 2.75. The van der Waals surface area contributed by atoms with Crippen LogP contribution in [0.25, 0.3) is 0 Å². The van der Waals surface area contributed by atoms with E-state index in [1.807, 2.05) is 30.3 Å². The Hall–Kier alpha value is -0.900. The number of ether oxygens (including phenoxy) is 2. The monoisotopic (exact) mass is 240 g/mol. The van der Waals surface area contributed by atoms with E-state index >= 15 is 0 Å². The molecule has 1 aromatic rings. The lowest BCUT2D eigenvalue weighted by molar-refractivity contribution is -0.187. The van der Waals surface area contributed by atoms with Crippen LogP contribution in [-0.2, 0) is 20.1 Å². The van der Waals surface area contributed by atoms with Crippen molar-refractivity contribution in [2.45, 2.75) is 18.8 Å². The van der Waals surface area contributed by atoms with Crippen LogP contribution < -0.4 is 0 Å². The van der Waals surface area contributed by atoms with Gasteiger partial charge in [0.1, 0.15) is 0 Å². The van der Waals surface area contributed by atoms with Crippen molar-refractivity contribution >= 4 is 17.4 Å². The van der Waals surface area contributed by atoms with Crippen molar-refractivity contribution in [2.24, 2.45) is 0 Å². The molecule has 0 aliphatic carbocycles. The lowest BCUT2D eigenvalue weighted by Crippen LogP contribution is -2.36. The van der Waals surface area contributed by atoms with Crippen LogP contribution >= 0.6 is 11.6 Å². The Balaban J connectivity index is 2.35. The Morgan fingerprint density at radius 2 is 2.19 bits per heavy atom. The molecule has 4 heteroatoms. The summed E-state index contributed by atoms with van der Waals surface area (Å²) >= 11 is 5.71. The molecule has 0 spiro atoms. The summed E-state index contributed by atoms with van der Waals surface area (Å²) in [5, 5.41) is 0. The lowest BCUT2D eigenvalue weighted by Gasteiger charge is -2.25. The molecular formula is C12H13ClO3. The summed E-state index contributed by atoms with van der Waals surface area (Å²) in [5.74, 6) is -1.10. The second-order valence-electron chi connectivity index (χ2n) is 3.74. The molecule has 1 aromatic carbocycles. The summed E-state index contributed by atoms with van der Waals surface area (Å²) in [6.45, 7) is 1.81. The lowest BCUT2D eigenvalue weighted by atomic mass is 10.0. The Labute approximate surface area is 99.3 Å². The number of hydrogen-bond donors (Lipinski definition) is 0. The van der Waals surface area contributed by atoms with E-state index in [0.717, 1.165) is 5.56 Å². The summed E-state index contributed by atoms with van der Waals surface area (Å²) in [4.78, 5) is 11.7. The van der Waals surface area contributed by atoms with Gasteiger partial charge in [0.05, 0.1) is 18.6 Å². The number of benzene rings is 1. The molecule has 2 rings (SSSR count). The van der Waals surface area contributed by atoms with Gasteiger partial charge >= 0.3 is 0 Å². The van der Waals surface area contributed by atoms with E-state index in [9.17, 15) is 4.79 Å². The zero-order valence-corrected chi connectivity index (χ0v) is 9.74. The third-order valence-corrected chi connectivity index (χ3v) is 2.94. The van der Waals surface area contributed by atoms with Gasteiger partial charge < -0.3 is 9.47 Å². The van der Waals surface area contributed by atoms with Gasteiger partial charge in [-0.05, 0) is 0 Å². The zero-order valence-electron chi connectivity index (χ0n) is 8.98. The van der Waals surface area contributed by atoms with Crippen molar-refractivity contribution in [3.8, 4) is 0 Å². The van der Waals surface area contributed by atoms with Crippen LogP contribution in [0.2, 0.25) is 0 Å². The molecule has 2 atom stereocenters. The predicted octanol–water partition coefficient (Wildman–Crippen LogP) is 2.08. The van der Waals surface area contributed by atoms with Gasteiger partial charge in [0.25, 0.3) is 5.79 Å². The molecule has 16 heavy (non-hydrogen) atoms. The Morgan fingerprint density at radius 3 is 2.69 bits per heavy atom. The normalized spacial score (nSPS) is 29.2. The minimum atomic E-state index is -1.26. The molecule has 2 unspecified atom stereocenters. The molecule has 0 N–H and O–H groups in total. The second-order valence-corrected chi connectivity index (χ2v) is 4.05. The summed E-state index contributed by atoms with van der Waals surface area (Å²) in [6, 6.07) is 9.21. The van der Waals surface area contributed by atoms with Crippen LogP contribution in [0, 0.1) is 0 Å². The van der Waals surface area contributed by atoms with Crippen LogP contribution in [0.4, 0.5) is 0 Å². The van der Waals surface area contributed by atoms with Crippen molar-refractivity contribution in [1.82, 2.24) is 0 Å². The first kappa shape index (κ1) is 11.6. The topological polar surface area (TPSA) is 35.5 Å². The number of rotatable bonds is 3. The fourth-order valence-corrected chi connectivity index (χ4v) is 1.94. The smallest absolute Gasteiger partial charge is 0.256 e. The maximum atomic E-state index is 11.7. The minimum Gasteiger partial charge on any atom is -0.337 e. The van der Waals surface area contributed by atoms with Crippen LogP contribution in [-0.4, -0.2) is 24.4 Å². The van der Waals surface area contributed by atoms with Crippen molar-refractivity contribution in [3.63, 3.8) is 0 Å². The highest BCUT2D eigenvalue weighted by Gasteiger charge is 2.47. The van der Waals surface area contributed by atoms with Gasteiger partial charge in [-0.3, -0.25) is 4.79 Å². The number of ketones is 1. The number of alkyl halides is 1. The van der Waals surface area contributed by atoms with Gasteiger partial charge in [-0.25, -0.2) is 0 Å². The van der Waals surface area contributed by atoms with Crippen molar-refractivity contribution in [3.05, 3.63) is 35.9 Å². The van der Waals surface area contributed by atoms with E-state index in [1.165, 1.54) is 6.92 Å². The van der Waals surface area contributed by atoms with E-state index < -0.39 is 5.79 Å². The molecule has 0 saturated carbocycles. The van der Waals surface area contributed by atoms with E-state index in [1.54, 1.807) is 0 Å². The standard InChI is InChI=1S/C12H13ClO3/c1-9(14)12(10-5-3-2-4-6-10)15-8-11(7-13)16-12/h2-6,11H,7-8H2,1H3. The molecule has 0 radical (unpaired) electrons. The molecular weight excluding hydrogens is 228 g/mol. The second kappa shape index (κ2) is 4.53. The predicted molar refractivity (Wildman–Crippen MR) is 60.3 cm³/mol. The van der Waals surface area contributed by atoms with Gasteiger partial charge in [0, 0.05) is 12.5 Å². The number of Topliss-reactive ketones (excluding diaryl/α,β-unsaturated/α-hetero) is 1. The fraction of sp³-hybridized carbons (Fsp3) is 0.417. The Morgan fingerprint density at radius 1 is 1.50 bits per heavy atom. The highest BCUT2D eigenvalue weighted by molar-refractivity contribution is 6.18. The van der Waals surface area contributed by atoms with Crippen LogP contribution in [0.5, 0.6) is 0 Å². The Bertz CT molecular complexity index is 379. The molecule has 86 valence electrons. The molecule has 0 amide bonds.